The molecule has 4 heteroatoms. The Morgan fingerprint density at radius 2 is 1.77 bits per heavy atom. The van der Waals surface area contributed by atoms with Crippen LogP contribution in [0.5, 0.6) is 0 Å². The second-order valence-electron chi connectivity index (χ2n) is 6.15. The van der Waals surface area contributed by atoms with Gasteiger partial charge in [-0.2, -0.15) is 0 Å². The van der Waals surface area contributed by atoms with E-state index in [4.69, 9.17) is 4.74 Å². The van der Waals surface area contributed by atoms with Crippen LogP contribution < -0.4 is 0 Å². The summed E-state index contributed by atoms with van der Waals surface area (Å²) >= 11 is 1.56. The van der Waals surface area contributed by atoms with Crippen LogP contribution in [0.3, 0.4) is 0 Å². The average molecular weight is 359 g/mol. The number of aryl methyl sites for hydroxylation is 1. The molecule has 128 valence electrons. The van der Waals surface area contributed by atoms with Gasteiger partial charge in [0.05, 0.1) is 11.3 Å². The summed E-state index contributed by atoms with van der Waals surface area (Å²) in [6.45, 7) is 2.23. The van der Waals surface area contributed by atoms with Crippen molar-refractivity contribution in [2.45, 2.75) is 13.5 Å². The predicted octanol–water partition coefficient (Wildman–Crippen LogP) is 5.63. The predicted molar refractivity (Wildman–Crippen MR) is 105 cm³/mol. The number of hydrogen-bond acceptors (Lipinski definition) is 4. The number of thiazole rings is 1. The van der Waals surface area contributed by atoms with Crippen LogP contribution in [0, 0.1) is 6.92 Å². The van der Waals surface area contributed by atoms with E-state index >= 15 is 0 Å². The van der Waals surface area contributed by atoms with E-state index in [9.17, 15) is 4.79 Å². The fraction of sp³-hybridized carbons (Fsp3) is 0.0909. The molecule has 0 N–H and O–H groups in total. The minimum atomic E-state index is -0.333. The van der Waals surface area contributed by atoms with E-state index in [-0.39, 0.29) is 12.6 Å². The summed E-state index contributed by atoms with van der Waals surface area (Å²) in [6, 6.07) is 21.8. The lowest BCUT2D eigenvalue weighted by Crippen LogP contribution is -2.05. The number of aromatic nitrogens is 1. The molecule has 0 atom stereocenters. The van der Waals surface area contributed by atoms with Crippen molar-refractivity contribution in [3.05, 3.63) is 88.9 Å². The number of carbonyl (C=O) groups is 1. The largest absolute Gasteiger partial charge is 0.456 e. The Labute approximate surface area is 155 Å². The van der Waals surface area contributed by atoms with Gasteiger partial charge in [0.25, 0.3) is 0 Å². The highest BCUT2D eigenvalue weighted by Gasteiger charge is 2.10. The molecule has 1 heterocycles. The molecule has 0 unspecified atom stereocenters. The number of benzene rings is 3. The number of esters is 1. The van der Waals surface area contributed by atoms with E-state index in [1.807, 2.05) is 41.8 Å². The number of ether oxygens (including phenoxy) is 1. The van der Waals surface area contributed by atoms with Crippen molar-refractivity contribution in [3.63, 3.8) is 0 Å². The quantitative estimate of drug-likeness (QED) is 0.443. The number of hydrogen-bond donors (Lipinski definition) is 0. The van der Waals surface area contributed by atoms with Crippen molar-refractivity contribution in [2.75, 3.05) is 0 Å². The normalized spacial score (nSPS) is 10.8. The summed E-state index contributed by atoms with van der Waals surface area (Å²) in [5.74, 6) is -0.333. The van der Waals surface area contributed by atoms with Crippen molar-refractivity contribution in [1.82, 2.24) is 4.98 Å². The van der Waals surface area contributed by atoms with Gasteiger partial charge in [-0.1, -0.05) is 60.2 Å². The first kappa shape index (κ1) is 16.5. The molecule has 0 fully saturated rings. The summed E-state index contributed by atoms with van der Waals surface area (Å²) in [5, 5.41) is 4.99. The van der Waals surface area contributed by atoms with Crippen molar-refractivity contribution < 1.29 is 9.53 Å². The lowest BCUT2D eigenvalue weighted by Gasteiger charge is -2.04. The van der Waals surface area contributed by atoms with Crippen LogP contribution in [0.1, 0.15) is 21.6 Å². The summed E-state index contributed by atoms with van der Waals surface area (Å²) in [4.78, 5) is 16.9. The molecule has 3 nitrogen and oxygen atoms in total. The van der Waals surface area contributed by atoms with E-state index < -0.39 is 0 Å². The Bertz CT molecular complexity index is 1070. The first-order valence-electron chi connectivity index (χ1n) is 8.36. The highest BCUT2D eigenvalue weighted by molar-refractivity contribution is 7.13. The molecule has 3 aromatic carbocycles. The van der Waals surface area contributed by atoms with Crippen molar-refractivity contribution in [2.24, 2.45) is 0 Å². The van der Waals surface area contributed by atoms with Gasteiger partial charge in [-0.25, -0.2) is 9.78 Å². The van der Waals surface area contributed by atoms with Crippen LogP contribution in [-0.4, -0.2) is 11.0 Å². The summed E-state index contributed by atoms with van der Waals surface area (Å²) < 4.78 is 5.44. The Morgan fingerprint density at radius 3 is 2.58 bits per heavy atom. The van der Waals surface area contributed by atoms with E-state index in [2.05, 4.69) is 36.2 Å². The van der Waals surface area contributed by atoms with Gasteiger partial charge in [0.15, 0.2) is 0 Å². The minimum absolute atomic E-state index is 0.175. The van der Waals surface area contributed by atoms with Gasteiger partial charge in [0, 0.05) is 10.9 Å². The molecule has 0 aliphatic carbocycles. The van der Waals surface area contributed by atoms with Gasteiger partial charge in [-0.3, -0.25) is 0 Å². The van der Waals surface area contributed by atoms with E-state index in [1.165, 1.54) is 5.56 Å². The molecule has 0 radical (unpaired) electrons. The van der Waals surface area contributed by atoms with Crippen LogP contribution in [0.25, 0.3) is 21.3 Å². The Kier molecular flexibility index (Phi) is 4.50. The minimum Gasteiger partial charge on any atom is -0.456 e. The molecule has 0 amide bonds. The van der Waals surface area contributed by atoms with Crippen LogP contribution >= 0.6 is 11.3 Å². The summed E-state index contributed by atoms with van der Waals surface area (Å²) in [6.07, 6.45) is 0. The molecule has 26 heavy (non-hydrogen) atoms. The second kappa shape index (κ2) is 7.10. The van der Waals surface area contributed by atoms with Crippen molar-refractivity contribution >= 4 is 28.1 Å². The molecule has 4 rings (SSSR count). The Balaban J connectivity index is 1.45. The molecular formula is C22H17NO2S. The molecule has 1 aromatic heterocycles. The van der Waals surface area contributed by atoms with Gasteiger partial charge >= 0.3 is 5.97 Å². The maximum atomic E-state index is 12.3. The Hall–Kier alpha value is -2.98. The zero-order chi connectivity index (χ0) is 17.9. The maximum absolute atomic E-state index is 12.3. The zero-order valence-corrected chi connectivity index (χ0v) is 15.1. The Morgan fingerprint density at radius 1 is 1.00 bits per heavy atom. The van der Waals surface area contributed by atoms with E-state index in [0.29, 0.717) is 5.56 Å². The second-order valence-corrected chi connectivity index (χ2v) is 7.01. The third-order valence-corrected chi connectivity index (χ3v) is 5.13. The fourth-order valence-corrected chi connectivity index (χ4v) is 3.55. The average Bonchev–Trinajstić information content (AvgIpc) is 3.15. The molecule has 0 aliphatic heterocycles. The summed E-state index contributed by atoms with van der Waals surface area (Å²) in [7, 11) is 0. The van der Waals surface area contributed by atoms with Crippen molar-refractivity contribution in [1.29, 1.82) is 0 Å². The van der Waals surface area contributed by atoms with Crippen molar-refractivity contribution in [3.8, 4) is 10.6 Å². The third-order valence-electron chi connectivity index (χ3n) is 4.19. The number of carbonyl (C=O) groups excluding carboxylic acids is 1. The van der Waals surface area contributed by atoms with Gasteiger partial charge in [0.1, 0.15) is 11.6 Å². The lowest BCUT2D eigenvalue weighted by atomic mass is 10.1. The number of nitrogens with zero attached hydrogens (tertiary/aromatic N) is 1. The van der Waals surface area contributed by atoms with Crippen LogP contribution in [-0.2, 0) is 11.3 Å². The molecule has 0 spiro atoms. The standard InChI is InChI=1S/C22H17NO2S/c1-15-6-8-17(9-7-15)21-23-20(14-26-21)13-25-22(24)19-11-10-16-4-2-3-5-18(16)12-19/h2-12,14H,13H2,1H3. The van der Waals surface area contributed by atoms with Gasteiger partial charge in [-0.15, -0.1) is 11.3 Å². The lowest BCUT2D eigenvalue weighted by molar-refractivity contribution is 0.0468. The maximum Gasteiger partial charge on any atom is 0.338 e. The van der Waals surface area contributed by atoms with Gasteiger partial charge in [0.2, 0.25) is 0 Å². The van der Waals surface area contributed by atoms with Crippen LogP contribution in [0.15, 0.2) is 72.1 Å². The number of fused-ring (bicyclic) bond motifs is 1. The fourth-order valence-electron chi connectivity index (χ4n) is 2.74. The molecular weight excluding hydrogens is 342 g/mol. The highest BCUT2D eigenvalue weighted by atomic mass is 32.1. The molecule has 4 aromatic rings. The smallest absolute Gasteiger partial charge is 0.338 e. The monoisotopic (exact) mass is 359 g/mol. The third kappa shape index (κ3) is 3.51. The molecule has 0 aliphatic rings. The first-order chi connectivity index (χ1) is 12.7. The molecule has 0 bridgehead atoms. The summed E-state index contributed by atoms with van der Waals surface area (Å²) in [5.41, 5.74) is 3.61. The zero-order valence-electron chi connectivity index (χ0n) is 14.3. The van der Waals surface area contributed by atoms with Crippen LogP contribution in [0.4, 0.5) is 0 Å². The molecule has 0 saturated carbocycles. The van der Waals surface area contributed by atoms with E-state index in [0.717, 1.165) is 27.0 Å². The topological polar surface area (TPSA) is 39.2 Å². The molecule has 0 saturated heterocycles. The van der Waals surface area contributed by atoms with Gasteiger partial charge in [-0.05, 0) is 29.8 Å². The van der Waals surface area contributed by atoms with Crippen LogP contribution in [0.2, 0.25) is 0 Å². The van der Waals surface area contributed by atoms with E-state index in [1.54, 1.807) is 17.4 Å². The number of rotatable bonds is 4. The SMILES string of the molecule is Cc1ccc(-c2nc(COC(=O)c3ccc4ccccc4c3)cs2)cc1. The highest BCUT2D eigenvalue weighted by Crippen LogP contribution is 2.24. The van der Waals surface area contributed by atoms with Gasteiger partial charge < -0.3 is 4.74 Å². The first-order valence-corrected chi connectivity index (χ1v) is 9.24.